The fraction of sp³-hybridized carbons (Fsp3) is 0.562. The Labute approximate surface area is 367 Å². The van der Waals surface area contributed by atoms with E-state index in [9.17, 15) is 14.4 Å². The van der Waals surface area contributed by atoms with Crippen molar-refractivity contribution in [3.05, 3.63) is 89.5 Å². The molecule has 1 saturated carbocycles. The Morgan fingerprint density at radius 3 is 1.30 bits per heavy atom. The van der Waals surface area contributed by atoms with E-state index in [1.165, 1.54) is 16.2 Å². The van der Waals surface area contributed by atoms with E-state index in [4.69, 9.17) is 18.9 Å². The molecule has 3 aliphatic heterocycles. The van der Waals surface area contributed by atoms with E-state index in [1.54, 1.807) is 30.6 Å². The molecule has 3 heterocycles. The first-order valence-corrected chi connectivity index (χ1v) is 23.9. The summed E-state index contributed by atoms with van der Waals surface area (Å²) in [7, 11) is 1.62. The molecule has 60 heavy (non-hydrogen) atoms. The first kappa shape index (κ1) is 48.0. The first-order chi connectivity index (χ1) is 28.9. The average Bonchev–Trinajstić information content (AvgIpc) is 3.32. The zero-order valence-corrected chi connectivity index (χ0v) is 38.6. The summed E-state index contributed by atoms with van der Waals surface area (Å²) >= 11 is 3.40. The lowest BCUT2D eigenvalue weighted by Crippen LogP contribution is -2.59. The second-order valence-electron chi connectivity index (χ2n) is 16.7. The number of carbonyl (C=O) groups excluding carboxylic acids is 3. The summed E-state index contributed by atoms with van der Waals surface area (Å²) in [5.41, 5.74) is 1.11. The van der Waals surface area contributed by atoms with Gasteiger partial charge < -0.3 is 18.9 Å². The number of benzene rings is 3. The average molecular weight is 862 g/mol. The second-order valence-corrected chi connectivity index (χ2v) is 18.4. The van der Waals surface area contributed by atoms with Crippen LogP contribution in [0.4, 0.5) is 0 Å². The number of hydrogen-bond acceptors (Lipinski definition) is 12. The number of thioether (sulfide) groups is 2. The largest absolute Gasteiger partial charge is 0.497 e. The highest BCUT2D eigenvalue weighted by molar-refractivity contribution is 7.98. The van der Waals surface area contributed by atoms with Crippen molar-refractivity contribution in [1.82, 2.24) is 14.7 Å². The number of ether oxygens (including phenoxy) is 4. The molecule has 0 amide bonds. The minimum atomic E-state index is -0.502. The maximum absolute atomic E-state index is 13.3. The van der Waals surface area contributed by atoms with Crippen LogP contribution in [0.25, 0.3) is 0 Å². The molecule has 12 heteroatoms. The fourth-order valence-corrected chi connectivity index (χ4v) is 9.37. The highest BCUT2D eigenvalue weighted by Gasteiger charge is 2.45. The molecule has 0 spiro atoms. The molecule has 7 rings (SSSR count). The van der Waals surface area contributed by atoms with Crippen molar-refractivity contribution in [3.8, 4) is 5.75 Å². The van der Waals surface area contributed by atoms with Crippen molar-refractivity contribution in [2.75, 3.05) is 98.5 Å². The maximum Gasteiger partial charge on any atom is 0.183 e. The van der Waals surface area contributed by atoms with E-state index >= 15 is 0 Å². The summed E-state index contributed by atoms with van der Waals surface area (Å²) in [6.07, 6.45) is 9.66. The topological polar surface area (TPSA) is 97.8 Å². The van der Waals surface area contributed by atoms with Gasteiger partial charge in [-0.15, -0.1) is 23.5 Å². The molecule has 3 saturated heterocycles. The molecule has 0 N–H and O–H groups in total. The van der Waals surface area contributed by atoms with Crippen molar-refractivity contribution in [2.24, 2.45) is 0 Å². The quantitative estimate of drug-likeness (QED) is 0.130. The van der Waals surface area contributed by atoms with Gasteiger partial charge in [-0.2, -0.15) is 0 Å². The maximum atomic E-state index is 13.3. The Morgan fingerprint density at radius 2 is 0.917 bits per heavy atom. The zero-order valence-electron chi connectivity index (χ0n) is 37.0. The van der Waals surface area contributed by atoms with E-state index in [0.717, 1.165) is 101 Å². The van der Waals surface area contributed by atoms with Gasteiger partial charge in [-0.05, 0) is 102 Å². The van der Waals surface area contributed by atoms with Crippen LogP contribution in [0.15, 0.2) is 82.6 Å². The lowest BCUT2D eigenvalue weighted by molar-refractivity contribution is -0.0264. The summed E-state index contributed by atoms with van der Waals surface area (Å²) in [6.45, 7) is 17.3. The molecular formula is C48H67N3O7S2. The zero-order chi connectivity index (χ0) is 43.2. The summed E-state index contributed by atoms with van der Waals surface area (Å²) < 4.78 is 21.3. The number of rotatable bonds is 12. The van der Waals surface area contributed by atoms with Gasteiger partial charge in [0, 0.05) is 65.7 Å². The molecule has 328 valence electrons. The third kappa shape index (κ3) is 12.1. The molecule has 0 atom stereocenters. The monoisotopic (exact) mass is 861 g/mol. The molecule has 1 aliphatic carbocycles. The Kier molecular flexibility index (Phi) is 18.3. The van der Waals surface area contributed by atoms with Crippen LogP contribution in [0.3, 0.4) is 0 Å². The van der Waals surface area contributed by atoms with Gasteiger partial charge >= 0.3 is 0 Å². The molecule has 4 aliphatic rings. The van der Waals surface area contributed by atoms with E-state index < -0.39 is 11.1 Å². The van der Waals surface area contributed by atoms with Crippen LogP contribution in [0.1, 0.15) is 90.9 Å². The summed E-state index contributed by atoms with van der Waals surface area (Å²) in [5.74, 6) is 1.40. The fourth-order valence-electron chi connectivity index (χ4n) is 8.55. The van der Waals surface area contributed by atoms with E-state index in [2.05, 4.69) is 33.1 Å². The van der Waals surface area contributed by atoms with Crippen LogP contribution in [-0.4, -0.2) is 147 Å². The summed E-state index contributed by atoms with van der Waals surface area (Å²) in [4.78, 5) is 47.8. The molecule has 3 aromatic carbocycles. The van der Waals surface area contributed by atoms with Gasteiger partial charge in [0.15, 0.2) is 17.3 Å². The third-order valence-corrected chi connectivity index (χ3v) is 14.0. The number of Topliss-reactive ketones (excluding diaryl/α,β-unsaturated/α-hetero) is 3. The van der Waals surface area contributed by atoms with Crippen LogP contribution in [0.5, 0.6) is 5.75 Å². The highest BCUT2D eigenvalue weighted by atomic mass is 32.2. The smallest absolute Gasteiger partial charge is 0.183 e. The number of morpholine rings is 3. The lowest BCUT2D eigenvalue weighted by atomic mass is 9.75. The Balaban J connectivity index is 0.000000171. The van der Waals surface area contributed by atoms with Crippen molar-refractivity contribution in [3.63, 3.8) is 0 Å². The predicted octanol–water partition coefficient (Wildman–Crippen LogP) is 8.32. The normalized spacial score (nSPS) is 19.2. The van der Waals surface area contributed by atoms with Crippen molar-refractivity contribution < 1.29 is 33.3 Å². The number of methoxy groups -OCH3 is 1. The molecule has 0 aromatic heterocycles. The molecule has 0 bridgehead atoms. The van der Waals surface area contributed by atoms with Gasteiger partial charge in [-0.25, -0.2) is 0 Å². The molecule has 0 unspecified atom stereocenters. The van der Waals surface area contributed by atoms with Crippen molar-refractivity contribution in [1.29, 1.82) is 0 Å². The molecule has 10 nitrogen and oxygen atoms in total. The lowest BCUT2D eigenvalue weighted by Gasteiger charge is -2.46. The van der Waals surface area contributed by atoms with Crippen molar-refractivity contribution in [2.45, 2.75) is 86.2 Å². The first-order valence-electron chi connectivity index (χ1n) is 21.4. The van der Waals surface area contributed by atoms with Gasteiger partial charge in [-0.1, -0.05) is 43.5 Å². The van der Waals surface area contributed by atoms with Crippen LogP contribution in [0.2, 0.25) is 0 Å². The molecule has 3 aromatic rings. The van der Waals surface area contributed by atoms with Crippen LogP contribution in [-0.2, 0) is 14.2 Å². The van der Waals surface area contributed by atoms with Crippen LogP contribution < -0.4 is 4.74 Å². The number of ketones is 3. The standard InChI is InChI=1S/C18H25NO2S.C15H21NO3.C15H21NO2S/c1-22-16-7-5-15(6-8-16)17(20)18(9-3-2-4-10-18)19-11-13-21-14-12-19;1-15(2,16-8-10-19-11-9-16)14(17)12-4-6-13(18-3)7-5-12;1-15(2,16-8-10-18-11-9-16)14(17)12-4-6-13(19-3)7-5-12/h5-8H,2-4,9-14H2,1H3;2*4-7H,8-11H2,1-3H3. The second kappa shape index (κ2) is 22.9. The predicted molar refractivity (Wildman–Crippen MR) is 244 cm³/mol. The van der Waals surface area contributed by atoms with Gasteiger partial charge in [0.25, 0.3) is 0 Å². The third-order valence-electron chi connectivity index (χ3n) is 12.5. The SMILES string of the molecule is COc1ccc(C(=O)C(C)(C)N2CCOCC2)cc1.CSc1ccc(C(=O)C(C)(C)N2CCOCC2)cc1.CSc1ccc(C(=O)C2(N3CCOCC3)CCCCC2)cc1. The highest BCUT2D eigenvalue weighted by Crippen LogP contribution is 2.37. The minimum Gasteiger partial charge on any atom is -0.497 e. The minimum absolute atomic E-state index is 0.136. The Morgan fingerprint density at radius 1 is 0.550 bits per heavy atom. The molecule has 0 radical (unpaired) electrons. The summed E-state index contributed by atoms with van der Waals surface area (Å²) in [6, 6.07) is 23.3. The van der Waals surface area contributed by atoms with Crippen LogP contribution in [0, 0.1) is 0 Å². The van der Waals surface area contributed by atoms with E-state index in [1.807, 2.05) is 94.6 Å². The number of hydrogen-bond donors (Lipinski definition) is 0. The molecule has 4 fully saturated rings. The Hall–Kier alpha value is -3.07. The van der Waals surface area contributed by atoms with E-state index in [-0.39, 0.29) is 17.1 Å². The molecular weight excluding hydrogens is 795 g/mol. The van der Waals surface area contributed by atoms with Gasteiger partial charge in [-0.3, -0.25) is 29.1 Å². The van der Waals surface area contributed by atoms with E-state index in [0.29, 0.717) is 32.2 Å². The van der Waals surface area contributed by atoms with Gasteiger partial charge in [0.05, 0.1) is 63.4 Å². The number of nitrogens with zero attached hydrogens (tertiary/aromatic N) is 3. The van der Waals surface area contributed by atoms with Crippen molar-refractivity contribution >= 4 is 40.9 Å². The Bertz CT molecular complexity index is 1710. The summed E-state index contributed by atoms with van der Waals surface area (Å²) in [5, 5.41) is 0. The number of carbonyl (C=O) groups is 3. The van der Waals surface area contributed by atoms with Gasteiger partial charge in [0.2, 0.25) is 0 Å². The van der Waals surface area contributed by atoms with Crippen LogP contribution >= 0.6 is 23.5 Å². The van der Waals surface area contributed by atoms with Gasteiger partial charge in [0.1, 0.15) is 5.75 Å².